The molecule has 0 spiro atoms. The Kier molecular flexibility index (Phi) is 5.95. The molecule has 4 aromatic rings. The molecule has 3 aromatic carbocycles. The maximum absolute atomic E-state index is 14.4. The van der Waals surface area contributed by atoms with Gasteiger partial charge in [0.2, 0.25) is 0 Å². The van der Waals surface area contributed by atoms with Crippen molar-refractivity contribution in [2.45, 2.75) is 45.4 Å². The SMILES string of the molecule is CCc1cc(N)nc(CC)c1CNC(=O)c1ccc2c(c1)C1OC2c2ccc(-c3ccc(F)cc3F)cc21. The lowest BCUT2D eigenvalue weighted by molar-refractivity contribution is 0.0857. The van der Waals surface area contributed by atoms with Gasteiger partial charge in [-0.05, 0) is 88.2 Å². The van der Waals surface area contributed by atoms with Crippen LogP contribution >= 0.6 is 0 Å². The molecule has 7 heteroatoms. The fraction of sp³-hybridized carbons (Fsp3) is 0.226. The van der Waals surface area contributed by atoms with Gasteiger partial charge in [-0.3, -0.25) is 4.79 Å². The molecule has 2 aliphatic rings. The first-order valence-corrected chi connectivity index (χ1v) is 12.8. The van der Waals surface area contributed by atoms with Crippen molar-refractivity contribution in [2.24, 2.45) is 0 Å². The summed E-state index contributed by atoms with van der Waals surface area (Å²) >= 11 is 0. The van der Waals surface area contributed by atoms with E-state index in [1.54, 1.807) is 0 Å². The molecule has 2 bridgehead atoms. The van der Waals surface area contributed by atoms with E-state index in [4.69, 9.17) is 10.5 Å². The number of halogens is 2. The van der Waals surface area contributed by atoms with E-state index in [1.807, 2.05) is 49.4 Å². The molecule has 1 aromatic heterocycles. The zero-order chi connectivity index (χ0) is 26.6. The summed E-state index contributed by atoms with van der Waals surface area (Å²) in [6.45, 7) is 4.45. The Labute approximate surface area is 219 Å². The van der Waals surface area contributed by atoms with Gasteiger partial charge in [0, 0.05) is 29.4 Å². The van der Waals surface area contributed by atoms with E-state index in [2.05, 4.69) is 17.2 Å². The van der Waals surface area contributed by atoms with Crippen molar-refractivity contribution in [3.8, 4) is 11.1 Å². The highest BCUT2D eigenvalue weighted by atomic mass is 19.1. The summed E-state index contributed by atoms with van der Waals surface area (Å²) in [6, 6.07) is 16.8. The van der Waals surface area contributed by atoms with Gasteiger partial charge in [-0.15, -0.1) is 0 Å². The number of aryl methyl sites for hydroxylation is 2. The van der Waals surface area contributed by atoms with Gasteiger partial charge >= 0.3 is 0 Å². The van der Waals surface area contributed by atoms with Gasteiger partial charge in [-0.25, -0.2) is 13.8 Å². The molecule has 3 heterocycles. The van der Waals surface area contributed by atoms with E-state index in [1.165, 1.54) is 12.1 Å². The minimum Gasteiger partial charge on any atom is -0.384 e. The molecule has 0 radical (unpaired) electrons. The molecule has 2 atom stereocenters. The first-order valence-electron chi connectivity index (χ1n) is 12.8. The Morgan fingerprint density at radius 2 is 1.66 bits per heavy atom. The van der Waals surface area contributed by atoms with Crippen LogP contribution < -0.4 is 11.1 Å². The van der Waals surface area contributed by atoms with E-state index in [0.717, 1.165) is 58.0 Å². The number of rotatable bonds is 6. The summed E-state index contributed by atoms with van der Waals surface area (Å²) in [5.41, 5.74) is 14.4. The third-order valence-electron chi connectivity index (χ3n) is 7.54. The number of carbonyl (C=O) groups is 1. The smallest absolute Gasteiger partial charge is 0.251 e. The predicted octanol–water partition coefficient (Wildman–Crippen LogP) is 6.19. The average molecular weight is 512 g/mol. The van der Waals surface area contributed by atoms with Crippen LogP contribution in [0, 0.1) is 11.6 Å². The van der Waals surface area contributed by atoms with E-state index in [-0.39, 0.29) is 18.1 Å². The minimum absolute atomic E-state index is 0.182. The summed E-state index contributed by atoms with van der Waals surface area (Å²) in [6.07, 6.45) is 0.953. The van der Waals surface area contributed by atoms with Crippen LogP contribution in [0.3, 0.4) is 0 Å². The number of ether oxygens (including phenoxy) is 1. The lowest BCUT2D eigenvalue weighted by atomic mass is 9.83. The number of benzene rings is 3. The molecule has 192 valence electrons. The van der Waals surface area contributed by atoms with Crippen LogP contribution in [0.5, 0.6) is 0 Å². The highest BCUT2D eigenvalue weighted by Crippen LogP contribution is 2.54. The van der Waals surface area contributed by atoms with Crippen molar-refractivity contribution in [3.05, 3.63) is 117 Å². The molecule has 2 unspecified atom stereocenters. The standard InChI is InChI=1S/C31H27F2N3O2/c1-3-16-13-28(34)36-27(4-2)25(16)15-35-31(37)18-6-9-22-24(12-18)30-23-11-17(5-8-21(23)29(22)38-30)20-10-7-19(32)14-26(20)33/h5-14,29-30H,3-4,15H2,1-2H3,(H2,34,36)(H,35,37). The zero-order valence-electron chi connectivity index (χ0n) is 21.1. The molecular weight excluding hydrogens is 484 g/mol. The number of anilines is 1. The summed E-state index contributed by atoms with van der Waals surface area (Å²) in [7, 11) is 0. The van der Waals surface area contributed by atoms with E-state index >= 15 is 0 Å². The maximum Gasteiger partial charge on any atom is 0.251 e. The molecule has 38 heavy (non-hydrogen) atoms. The molecule has 3 N–H and O–H groups in total. The molecule has 0 saturated heterocycles. The predicted molar refractivity (Wildman–Crippen MR) is 142 cm³/mol. The lowest BCUT2D eigenvalue weighted by Gasteiger charge is -2.18. The van der Waals surface area contributed by atoms with Crippen LogP contribution in [0.4, 0.5) is 14.6 Å². The third kappa shape index (κ3) is 3.94. The molecule has 1 amide bonds. The Balaban J connectivity index is 1.26. The average Bonchev–Trinajstić information content (AvgIpc) is 3.48. The lowest BCUT2D eigenvalue weighted by Crippen LogP contribution is -2.25. The first kappa shape index (κ1) is 24.2. The van der Waals surface area contributed by atoms with Crippen LogP contribution in [0.1, 0.15) is 75.5 Å². The highest BCUT2D eigenvalue weighted by molar-refractivity contribution is 5.94. The molecule has 6 rings (SSSR count). The van der Waals surface area contributed by atoms with E-state index in [9.17, 15) is 13.6 Å². The Morgan fingerprint density at radius 3 is 2.39 bits per heavy atom. The van der Waals surface area contributed by atoms with Crippen molar-refractivity contribution in [3.63, 3.8) is 0 Å². The molecule has 5 nitrogen and oxygen atoms in total. The number of amides is 1. The molecule has 0 fully saturated rings. The second-order valence-corrected chi connectivity index (χ2v) is 9.73. The normalized spacial score (nSPS) is 16.8. The molecule has 2 aliphatic heterocycles. The molecule has 0 aliphatic carbocycles. The second kappa shape index (κ2) is 9.33. The van der Waals surface area contributed by atoms with Gasteiger partial charge < -0.3 is 15.8 Å². The molecule has 0 saturated carbocycles. The number of carbonyl (C=O) groups excluding carboxylic acids is 1. The number of fused-ring (bicyclic) bond motifs is 8. The number of pyridine rings is 1. The Bertz CT molecular complexity index is 1580. The fourth-order valence-corrected chi connectivity index (χ4v) is 5.68. The number of hydrogen-bond donors (Lipinski definition) is 2. The second-order valence-electron chi connectivity index (χ2n) is 9.73. The summed E-state index contributed by atoms with van der Waals surface area (Å²) < 4.78 is 34.1. The van der Waals surface area contributed by atoms with Gasteiger partial charge in [-0.2, -0.15) is 0 Å². The van der Waals surface area contributed by atoms with Crippen LogP contribution in [-0.2, 0) is 24.1 Å². The van der Waals surface area contributed by atoms with Crippen molar-refractivity contribution in [1.82, 2.24) is 10.3 Å². The van der Waals surface area contributed by atoms with Gasteiger partial charge in [0.25, 0.3) is 5.91 Å². The summed E-state index contributed by atoms with van der Waals surface area (Å²) in [5.74, 6) is -0.909. The maximum atomic E-state index is 14.4. The van der Waals surface area contributed by atoms with Crippen LogP contribution in [0.2, 0.25) is 0 Å². The number of nitrogens with zero attached hydrogens (tertiary/aromatic N) is 1. The number of hydrogen-bond acceptors (Lipinski definition) is 4. The summed E-state index contributed by atoms with van der Waals surface area (Å²) in [4.78, 5) is 17.6. The largest absolute Gasteiger partial charge is 0.384 e. The number of aromatic nitrogens is 1. The first-order chi connectivity index (χ1) is 18.4. The van der Waals surface area contributed by atoms with Crippen molar-refractivity contribution < 1.29 is 18.3 Å². The topological polar surface area (TPSA) is 77.2 Å². The minimum atomic E-state index is -0.612. The quantitative estimate of drug-likeness (QED) is 0.324. The van der Waals surface area contributed by atoms with Gasteiger partial charge in [0.15, 0.2) is 0 Å². The van der Waals surface area contributed by atoms with E-state index in [0.29, 0.717) is 29.1 Å². The monoisotopic (exact) mass is 511 g/mol. The van der Waals surface area contributed by atoms with Gasteiger partial charge in [-0.1, -0.05) is 32.0 Å². The van der Waals surface area contributed by atoms with Crippen molar-refractivity contribution >= 4 is 11.7 Å². The number of nitrogens with two attached hydrogens (primary N) is 1. The van der Waals surface area contributed by atoms with Gasteiger partial charge in [0.1, 0.15) is 29.7 Å². The number of nitrogens with one attached hydrogen (secondary N) is 1. The van der Waals surface area contributed by atoms with E-state index < -0.39 is 11.6 Å². The Morgan fingerprint density at radius 1 is 0.921 bits per heavy atom. The summed E-state index contributed by atoms with van der Waals surface area (Å²) in [5, 5.41) is 3.05. The fourth-order valence-electron chi connectivity index (χ4n) is 5.68. The molecular formula is C31H27F2N3O2. The number of nitrogen functional groups attached to an aromatic ring is 1. The zero-order valence-corrected chi connectivity index (χ0v) is 21.1. The third-order valence-corrected chi connectivity index (χ3v) is 7.54. The van der Waals surface area contributed by atoms with Crippen LogP contribution in [-0.4, -0.2) is 10.9 Å². The Hall–Kier alpha value is -4.10. The van der Waals surface area contributed by atoms with Crippen molar-refractivity contribution in [1.29, 1.82) is 0 Å². The van der Waals surface area contributed by atoms with Crippen molar-refractivity contribution in [2.75, 3.05) is 5.73 Å². The van der Waals surface area contributed by atoms with Gasteiger partial charge in [0.05, 0.1) is 0 Å². The highest BCUT2D eigenvalue weighted by Gasteiger charge is 2.43. The van der Waals surface area contributed by atoms with Crippen LogP contribution in [0.25, 0.3) is 11.1 Å². The van der Waals surface area contributed by atoms with Crippen LogP contribution in [0.15, 0.2) is 60.7 Å².